The van der Waals surface area contributed by atoms with Gasteiger partial charge in [0.05, 0.1) is 22.0 Å². The molecule has 0 radical (unpaired) electrons. The van der Waals surface area contributed by atoms with Crippen molar-refractivity contribution in [1.82, 2.24) is 15.0 Å². The van der Waals surface area contributed by atoms with Crippen molar-refractivity contribution in [3.63, 3.8) is 0 Å². The van der Waals surface area contributed by atoms with Crippen LogP contribution in [0, 0.1) is 0 Å². The molecule has 0 aliphatic carbocycles. The first kappa shape index (κ1) is 19.8. The van der Waals surface area contributed by atoms with E-state index in [1.54, 1.807) is 25.2 Å². The Labute approximate surface area is 164 Å². The molecule has 1 atom stereocenters. The van der Waals surface area contributed by atoms with E-state index in [1.165, 1.54) is 10.4 Å². The second kappa shape index (κ2) is 8.35. The van der Waals surface area contributed by atoms with Crippen molar-refractivity contribution >= 4 is 33.0 Å². The fourth-order valence-electron chi connectivity index (χ4n) is 2.92. The molecule has 0 bridgehead atoms. The van der Waals surface area contributed by atoms with E-state index in [9.17, 15) is 8.42 Å². The van der Waals surface area contributed by atoms with E-state index in [-0.39, 0.29) is 6.04 Å². The maximum absolute atomic E-state index is 11.8. The summed E-state index contributed by atoms with van der Waals surface area (Å²) in [5.41, 5.74) is 2.33. The number of hydrogen-bond acceptors (Lipinski definition) is 5. The third-order valence-electron chi connectivity index (χ3n) is 4.46. The topological polar surface area (TPSA) is 71.1 Å². The molecular weight excluding hydrogens is 390 g/mol. The van der Waals surface area contributed by atoms with Gasteiger partial charge in [-0.1, -0.05) is 23.7 Å². The molecule has 1 unspecified atom stereocenters. The van der Waals surface area contributed by atoms with Crippen LogP contribution in [0.15, 0.2) is 24.3 Å². The van der Waals surface area contributed by atoms with Gasteiger partial charge in [-0.2, -0.15) is 0 Å². The molecule has 2 heterocycles. The molecule has 0 saturated carbocycles. The highest BCUT2D eigenvalue weighted by molar-refractivity contribution is 7.90. The Morgan fingerprint density at radius 3 is 2.77 bits per heavy atom. The van der Waals surface area contributed by atoms with E-state index in [0.717, 1.165) is 35.1 Å². The third kappa shape index (κ3) is 4.84. The van der Waals surface area contributed by atoms with Crippen LogP contribution in [0.1, 0.15) is 41.0 Å². The molecule has 8 heteroatoms. The number of nitrogens with zero attached hydrogens (tertiary/aromatic N) is 1. The molecule has 2 N–H and O–H groups in total. The van der Waals surface area contributed by atoms with Crippen LogP contribution < -0.4 is 10.0 Å². The lowest BCUT2D eigenvalue weighted by Crippen LogP contribution is -2.32. The average Bonchev–Trinajstić information content (AvgIpc) is 3.00. The highest BCUT2D eigenvalue weighted by Gasteiger charge is 2.24. The van der Waals surface area contributed by atoms with Crippen LogP contribution in [0.2, 0.25) is 5.02 Å². The van der Waals surface area contributed by atoms with E-state index in [2.05, 4.69) is 10.0 Å². The summed E-state index contributed by atoms with van der Waals surface area (Å²) < 4.78 is 26.3. The minimum atomic E-state index is -3.22. The highest BCUT2D eigenvalue weighted by atomic mass is 35.5. The summed E-state index contributed by atoms with van der Waals surface area (Å²) in [4.78, 5) is 6.12. The van der Waals surface area contributed by atoms with E-state index in [4.69, 9.17) is 16.6 Å². The Bertz CT molecular complexity index is 848. The average molecular weight is 414 g/mol. The lowest BCUT2D eigenvalue weighted by molar-refractivity contribution is 0.495. The first-order valence-corrected chi connectivity index (χ1v) is 11.5. The maximum Gasteiger partial charge on any atom is 0.213 e. The van der Waals surface area contributed by atoms with Gasteiger partial charge in [0.15, 0.2) is 0 Å². The summed E-state index contributed by atoms with van der Waals surface area (Å²) in [7, 11) is -3.22. The monoisotopic (exact) mass is 413 g/mol. The zero-order valence-corrected chi connectivity index (χ0v) is 17.3. The van der Waals surface area contributed by atoms with Crippen molar-refractivity contribution < 1.29 is 8.42 Å². The van der Waals surface area contributed by atoms with Crippen LogP contribution in [-0.2, 0) is 29.3 Å². The number of rotatable bonds is 7. The van der Waals surface area contributed by atoms with Crippen molar-refractivity contribution in [3.8, 4) is 0 Å². The molecule has 3 rings (SSSR count). The number of hydrogen-bond donors (Lipinski definition) is 2. The minimum absolute atomic E-state index is 0.192. The van der Waals surface area contributed by atoms with Crippen LogP contribution in [0.4, 0.5) is 0 Å². The van der Waals surface area contributed by atoms with Crippen molar-refractivity contribution in [2.45, 2.75) is 44.4 Å². The van der Waals surface area contributed by atoms with Gasteiger partial charge in [-0.3, -0.25) is 0 Å². The number of sulfonamides is 1. The van der Waals surface area contributed by atoms with Crippen molar-refractivity contribution in [2.75, 3.05) is 13.1 Å². The number of benzene rings is 1. The van der Waals surface area contributed by atoms with Gasteiger partial charge in [0, 0.05) is 29.4 Å². The van der Waals surface area contributed by atoms with Gasteiger partial charge >= 0.3 is 0 Å². The quantitative estimate of drug-likeness (QED) is 0.731. The molecule has 0 fully saturated rings. The fraction of sp³-hybridized carbons (Fsp3) is 0.500. The smallest absolute Gasteiger partial charge is 0.213 e. The first-order valence-electron chi connectivity index (χ1n) is 8.80. The van der Waals surface area contributed by atoms with E-state index < -0.39 is 15.3 Å². The molecule has 0 spiro atoms. The van der Waals surface area contributed by atoms with Gasteiger partial charge in [0.2, 0.25) is 10.0 Å². The van der Waals surface area contributed by atoms with E-state index in [0.29, 0.717) is 13.0 Å². The van der Waals surface area contributed by atoms with Crippen molar-refractivity contribution in [1.29, 1.82) is 0 Å². The van der Waals surface area contributed by atoms with Crippen molar-refractivity contribution in [3.05, 3.63) is 50.4 Å². The Morgan fingerprint density at radius 2 is 2.08 bits per heavy atom. The van der Waals surface area contributed by atoms with Gasteiger partial charge in [0.25, 0.3) is 0 Å². The maximum atomic E-state index is 11.8. The first-order chi connectivity index (χ1) is 12.3. The van der Waals surface area contributed by atoms with Gasteiger partial charge in [0.1, 0.15) is 0 Å². The van der Waals surface area contributed by atoms with E-state index >= 15 is 0 Å². The molecular formula is C18H24ClN3O2S2. The van der Waals surface area contributed by atoms with Crippen LogP contribution in [0.5, 0.6) is 0 Å². The van der Waals surface area contributed by atoms with E-state index in [1.807, 2.05) is 24.3 Å². The summed E-state index contributed by atoms with van der Waals surface area (Å²) in [5, 5.41) is 4.86. The summed E-state index contributed by atoms with van der Waals surface area (Å²) >= 11 is 7.67. The highest BCUT2D eigenvalue weighted by Crippen LogP contribution is 2.30. The molecule has 0 amide bonds. The van der Waals surface area contributed by atoms with Crippen molar-refractivity contribution in [2.24, 2.45) is 0 Å². The summed E-state index contributed by atoms with van der Waals surface area (Å²) in [6, 6.07) is 8.11. The molecule has 1 aliphatic heterocycles. The summed E-state index contributed by atoms with van der Waals surface area (Å²) in [5.74, 6) is 0. The lowest BCUT2D eigenvalue weighted by Gasteiger charge is -2.23. The van der Waals surface area contributed by atoms with Gasteiger partial charge in [-0.05, 0) is 44.4 Å². The number of halogens is 1. The predicted octanol–water partition coefficient (Wildman–Crippen LogP) is 3.10. The molecule has 0 saturated heterocycles. The molecule has 1 aromatic heterocycles. The number of fused-ring (bicyclic) bond motifs is 1. The standard InChI is InChI=1S/C18H24ClN3O2S2/c1-12(2)26(23,24)21-10-8-17-22-18-15(20-9-7-16(18)25-17)11-13-3-5-14(19)6-4-13/h3-6,12,15,20-21H,7-11H2,1-2H3. The molecule has 26 heavy (non-hydrogen) atoms. The molecule has 2 aromatic rings. The zero-order chi connectivity index (χ0) is 18.7. The zero-order valence-electron chi connectivity index (χ0n) is 15.0. The third-order valence-corrected chi connectivity index (χ3v) is 7.75. The minimum Gasteiger partial charge on any atom is -0.308 e. The predicted molar refractivity (Wildman–Crippen MR) is 107 cm³/mol. The van der Waals surface area contributed by atoms with Gasteiger partial charge in [-0.15, -0.1) is 11.3 Å². The number of nitrogens with one attached hydrogen (secondary N) is 2. The molecule has 142 valence electrons. The molecule has 1 aliphatic rings. The van der Waals surface area contributed by atoms with Gasteiger partial charge < -0.3 is 5.32 Å². The summed E-state index contributed by atoms with van der Waals surface area (Å²) in [6.07, 6.45) is 2.46. The Hall–Kier alpha value is -0.990. The normalized spacial score (nSPS) is 17.5. The lowest BCUT2D eigenvalue weighted by atomic mass is 9.99. The molecule has 1 aromatic carbocycles. The Kier molecular flexibility index (Phi) is 6.35. The van der Waals surface area contributed by atoms with Crippen LogP contribution in [0.25, 0.3) is 0 Å². The van der Waals surface area contributed by atoms with Crippen LogP contribution in [0.3, 0.4) is 0 Å². The van der Waals surface area contributed by atoms with Crippen LogP contribution in [-0.4, -0.2) is 31.7 Å². The molecule has 5 nitrogen and oxygen atoms in total. The summed E-state index contributed by atoms with van der Waals surface area (Å²) in [6.45, 7) is 4.68. The fourth-order valence-corrected chi connectivity index (χ4v) is 4.90. The number of aromatic nitrogens is 1. The largest absolute Gasteiger partial charge is 0.308 e. The second-order valence-corrected chi connectivity index (χ2v) is 10.7. The van der Waals surface area contributed by atoms with Gasteiger partial charge in [-0.25, -0.2) is 18.1 Å². The van der Waals surface area contributed by atoms with Crippen LogP contribution >= 0.6 is 22.9 Å². The Balaban J connectivity index is 1.66. The number of thiazole rings is 1. The SMILES string of the molecule is CC(C)S(=O)(=O)NCCc1nc2c(s1)CCNC2Cc1ccc(Cl)cc1. The second-order valence-electron chi connectivity index (χ2n) is 6.74. The Morgan fingerprint density at radius 1 is 1.35 bits per heavy atom.